The summed E-state index contributed by atoms with van der Waals surface area (Å²) >= 11 is 0. The Balaban J connectivity index is 0.00000312. The molecule has 1 aromatic rings. The summed E-state index contributed by atoms with van der Waals surface area (Å²) in [5, 5.41) is 8.69. The lowest BCUT2D eigenvalue weighted by Crippen LogP contribution is -2.53. The van der Waals surface area contributed by atoms with Gasteiger partial charge in [-0.3, -0.25) is 14.5 Å². The summed E-state index contributed by atoms with van der Waals surface area (Å²) in [4.78, 5) is 26.0. The second-order valence-electron chi connectivity index (χ2n) is 6.14. The van der Waals surface area contributed by atoms with Crippen LogP contribution in [-0.4, -0.2) is 55.5 Å². The van der Waals surface area contributed by atoms with Crippen molar-refractivity contribution in [1.29, 1.82) is 0 Å². The van der Waals surface area contributed by atoms with E-state index in [4.69, 9.17) is 0 Å². The normalized spacial score (nSPS) is 18.8. The van der Waals surface area contributed by atoms with Crippen LogP contribution in [0.3, 0.4) is 0 Å². The molecule has 1 fully saturated rings. The van der Waals surface area contributed by atoms with Gasteiger partial charge in [-0.25, -0.2) is 4.39 Å². The highest BCUT2D eigenvalue weighted by molar-refractivity contribution is 5.86. The predicted octanol–water partition coefficient (Wildman–Crippen LogP) is 0.835. The van der Waals surface area contributed by atoms with Crippen molar-refractivity contribution in [3.05, 3.63) is 35.6 Å². The Morgan fingerprint density at radius 1 is 1.32 bits per heavy atom. The molecule has 0 radical (unpaired) electrons. The van der Waals surface area contributed by atoms with Crippen molar-refractivity contribution >= 4 is 24.2 Å². The van der Waals surface area contributed by atoms with Gasteiger partial charge in [0.15, 0.2) is 0 Å². The van der Waals surface area contributed by atoms with Gasteiger partial charge in [-0.1, -0.05) is 12.1 Å². The van der Waals surface area contributed by atoms with E-state index in [9.17, 15) is 14.0 Å². The summed E-state index contributed by atoms with van der Waals surface area (Å²) in [6.07, 6.45) is 0. The van der Waals surface area contributed by atoms with Gasteiger partial charge in [-0.2, -0.15) is 0 Å². The number of benzene rings is 1. The van der Waals surface area contributed by atoms with E-state index in [0.717, 1.165) is 25.2 Å². The minimum atomic E-state index is -0.313. The number of amides is 2. The lowest BCUT2D eigenvalue weighted by Gasteiger charge is -2.33. The molecule has 0 aromatic heterocycles. The van der Waals surface area contributed by atoms with Crippen LogP contribution in [0.25, 0.3) is 0 Å². The van der Waals surface area contributed by atoms with Gasteiger partial charge in [-0.05, 0) is 31.5 Å². The molecule has 1 aliphatic rings. The Hall–Kier alpha value is -1.70. The molecule has 1 unspecified atom stereocenters. The van der Waals surface area contributed by atoms with E-state index in [1.807, 2.05) is 6.92 Å². The quantitative estimate of drug-likeness (QED) is 0.691. The number of hydrogen-bond acceptors (Lipinski definition) is 4. The molecule has 2 amide bonds. The molecule has 2 atom stereocenters. The van der Waals surface area contributed by atoms with E-state index in [0.29, 0.717) is 12.6 Å². The van der Waals surface area contributed by atoms with Crippen molar-refractivity contribution in [2.75, 3.05) is 32.7 Å². The Bertz CT molecular complexity index is 570. The first kappa shape index (κ1) is 21.3. The van der Waals surface area contributed by atoms with E-state index in [-0.39, 0.29) is 42.6 Å². The van der Waals surface area contributed by atoms with Gasteiger partial charge in [-0.15, -0.1) is 12.4 Å². The van der Waals surface area contributed by atoms with E-state index >= 15 is 0 Å². The summed E-state index contributed by atoms with van der Waals surface area (Å²) < 4.78 is 12.9. The van der Waals surface area contributed by atoms with Crippen molar-refractivity contribution in [3.8, 4) is 0 Å². The third-order valence-electron chi connectivity index (χ3n) is 4.18. The summed E-state index contributed by atoms with van der Waals surface area (Å²) in [5.74, 6) is -0.742. The van der Waals surface area contributed by atoms with E-state index < -0.39 is 0 Å². The first-order valence-corrected chi connectivity index (χ1v) is 8.22. The van der Waals surface area contributed by atoms with Crippen LogP contribution in [0.5, 0.6) is 0 Å². The van der Waals surface area contributed by atoms with E-state index in [1.54, 1.807) is 12.1 Å². The summed E-state index contributed by atoms with van der Waals surface area (Å²) in [7, 11) is 0. The largest absolute Gasteiger partial charge is 0.348 e. The molecule has 2 rings (SSSR count). The van der Waals surface area contributed by atoms with Crippen LogP contribution in [0.15, 0.2) is 24.3 Å². The minimum absolute atomic E-state index is 0. The first-order chi connectivity index (χ1) is 11.5. The fourth-order valence-electron chi connectivity index (χ4n) is 2.66. The van der Waals surface area contributed by atoms with Gasteiger partial charge in [0.25, 0.3) is 0 Å². The summed E-state index contributed by atoms with van der Waals surface area (Å²) in [6.45, 7) is 6.67. The van der Waals surface area contributed by atoms with Crippen LogP contribution < -0.4 is 16.0 Å². The maximum atomic E-state index is 12.9. The Labute approximate surface area is 153 Å². The maximum Gasteiger partial charge on any atom is 0.239 e. The summed E-state index contributed by atoms with van der Waals surface area (Å²) in [5.41, 5.74) is 0.811. The molecule has 8 heteroatoms. The smallest absolute Gasteiger partial charge is 0.239 e. The zero-order valence-electron chi connectivity index (χ0n) is 14.5. The van der Waals surface area contributed by atoms with Crippen LogP contribution >= 0.6 is 12.4 Å². The second kappa shape index (κ2) is 10.3. The molecule has 1 aromatic carbocycles. The van der Waals surface area contributed by atoms with Gasteiger partial charge in [0.05, 0.1) is 19.1 Å². The van der Waals surface area contributed by atoms with E-state index in [1.165, 1.54) is 12.1 Å². The molecule has 140 valence electrons. The molecular weight excluding hydrogens is 347 g/mol. The van der Waals surface area contributed by atoms with Crippen LogP contribution in [0.4, 0.5) is 4.39 Å². The van der Waals surface area contributed by atoms with Gasteiger partial charge >= 0.3 is 0 Å². The third-order valence-corrected chi connectivity index (χ3v) is 4.18. The molecule has 1 heterocycles. The molecule has 0 saturated carbocycles. The number of rotatable bonds is 6. The van der Waals surface area contributed by atoms with Crippen LogP contribution in [0, 0.1) is 5.82 Å². The molecule has 25 heavy (non-hydrogen) atoms. The van der Waals surface area contributed by atoms with Crippen LogP contribution in [-0.2, 0) is 9.59 Å². The second-order valence-corrected chi connectivity index (χ2v) is 6.14. The van der Waals surface area contributed by atoms with Crippen molar-refractivity contribution in [2.24, 2.45) is 0 Å². The highest BCUT2D eigenvalue weighted by Crippen LogP contribution is 2.12. The predicted molar refractivity (Wildman–Crippen MR) is 97.1 cm³/mol. The average Bonchev–Trinajstić information content (AvgIpc) is 2.55. The standard InChI is InChI=1S/C17H25FN4O2.ClH/c1-12-9-19-7-8-22(12)11-17(24)20-10-16(23)21-13(2)14-3-5-15(18)6-4-14;/h3-6,12-13,19H,7-11H2,1-2H3,(H,20,24)(H,21,23);1H/t12-,13?;/m0./s1. The van der Waals surface area contributed by atoms with Gasteiger partial charge in [0.2, 0.25) is 11.8 Å². The number of carbonyl (C=O) groups excluding carboxylic acids is 2. The average molecular weight is 373 g/mol. The van der Waals surface area contributed by atoms with Crippen molar-refractivity contribution in [2.45, 2.75) is 25.9 Å². The number of halogens is 2. The number of hydrogen-bond donors (Lipinski definition) is 3. The number of piperazine rings is 1. The van der Waals surface area contributed by atoms with Crippen molar-refractivity contribution in [1.82, 2.24) is 20.9 Å². The zero-order chi connectivity index (χ0) is 17.5. The lowest BCUT2D eigenvalue weighted by molar-refractivity contribution is -0.127. The molecular formula is C17H26ClFN4O2. The van der Waals surface area contributed by atoms with E-state index in [2.05, 4.69) is 27.8 Å². The fraction of sp³-hybridized carbons (Fsp3) is 0.529. The Morgan fingerprint density at radius 2 is 2.00 bits per heavy atom. The molecule has 0 aliphatic carbocycles. The van der Waals surface area contributed by atoms with Crippen molar-refractivity contribution in [3.63, 3.8) is 0 Å². The zero-order valence-corrected chi connectivity index (χ0v) is 15.4. The first-order valence-electron chi connectivity index (χ1n) is 8.22. The van der Waals surface area contributed by atoms with Gasteiger partial charge < -0.3 is 16.0 Å². The molecule has 1 saturated heterocycles. The monoisotopic (exact) mass is 372 g/mol. The molecule has 6 nitrogen and oxygen atoms in total. The third kappa shape index (κ3) is 6.97. The molecule has 1 aliphatic heterocycles. The number of nitrogens with zero attached hydrogens (tertiary/aromatic N) is 1. The number of nitrogens with one attached hydrogen (secondary N) is 3. The molecule has 3 N–H and O–H groups in total. The lowest BCUT2D eigenvalue weighted by atomic mass is 10.1. The fourth-order valence-corrected chi connectivity index (χ4v) is 2.66. The maximum absolute atomic E-state index is 12.9. The highest BCUT2D eigenvalue weighted by atomic mass is 35.5. The van der Waals surface area contributed by atoms with Crippen LogP contribution in [0.1, 0.15) is 25.5 Å². The highest BCUT2D eigenvalue weighted by Gasteiger charge is 2.20. The Kier molecular flexibility index (Phi) is 8.82. The van der Waals surface area contributed by atoms with Gasteiger partial charge in [0, 0.05) is 25.7 Å². The Morgan fingerprint density at radius 3 is 2.64 bits per heavy atom. The van der Waals surface area contributed by atoms with Crippen molar-refractivity contribution < 1.29 is 14.0 Å². The van der Waals surface area contributed by atoms with Gasteiger partial charge in [0.1, 0.15) is 5.82 Å². The van der Waals surface area contributed by atoms with Crippen LogP contribution in [0.2, 0.25) is 0 Å². The minimum Gasteiger partial charge on any atom is -0.348 e. The molecule has 0 bridgehead atoms. The molecule has 0 spiro atoms. The number of carbonyl (C=O) groups is 2. The topological polar surface area (TPSA) is 73.5 Å². The SMILES string of the molecule is CC(NC(=O)CNC(=O)CN1CCNC[C@@H]1C)c1ccc(F)cc1.Cl. The summed E-state index contributed by atoms with van der Waals surface area (Å²) in [6, 6.07) is 6.03.